The zero-order valence-electron chi connectivity index (χ0n) is 19.0. The normalized spacial score (nSPS) is 20.8. The maximum absolute atomic E-state index is 12.3. The predicted molar refractivity (Wildman–Crippen MR) is 131 cm³/mol. The number of hydrogen-bond acceptors (Lipinski definition) is 3. The van der Waals surface area contributed by atoms with Crippen LogP contribution in [0.2, 0.25) is 0 Å². The van der Waals surface area contributed by atoms with Crippen LogP contribution in [0.3, 0.4) is 0 Å². The van der Waals surface area contributed by atoms with E-state index in [-0.39, 0.29) is 5.91 Å². The van der Waals surface area contributed by atoms with Crippen molar-refractivity contribution in [3.05, 3.63) is 102 Å². The van der Waals surface area contributed by atoms with Crippen molar-refractivity contribution in [2.45, 2.75) is 38.1 Å². The summed E-state index contributed by atoms with van der Waals surface area (Å²) in [5, 5.41) is 0. The lowest BCUT2D eigenvalue weighted by molar-refractivity contribution is 0.0760. The average Bonchev–Trinajstić information content (AvgIpc) is 3.64. The minimum Gasteiger partial charge on any atom is -0.379 e. The van der Waals surface area contributed by atoms with Crippen molar-refractivity contribution in [3.63, 3.8) is 0 Å². The lowest BCUT2D eigenvalue weighted by Gasteiger charge is -2.32. The quantitative estimate of drug-likeness (QED) is 0.449. The van der Waals surface area contributed by atoms with Gasteiger partial charge in [-0.1, -0.05) is 60.7 Å². The third-order valence-electron chi connectivity index (χ3n) is 7.12. The lowest BCUT2D eigenvalue weighted by Crippen LogP contribution is -2.33. The number of nitrogens with zero attached hydrogens (tertiary/aromatic N) is 1. The number of para-hydroxylation sites is 1. The summed E-state index contributed by atoms with van der Waals surface area (Å²) >= 11 is 0. The molecule has 3 aromatic carbocycles. The molecule has 5 rings (SSSR count). The molecule has 0 unspecified atom stereocenters. The van der Waals surface area contributed by atoms with Gasteiger partial charge in [-0.2, -0.15) is 5.48 Å². The molecule has 1 aliphatic heterocycles. The van der Waals surface area contributed by atoms with Crippen molar-refractivity contribution in [1.82, 2.24) is 10.4 Å². The van der Waals surface area contributed by atoms with Crippen LogP contribution in [-0.2, 0) is 6.54 Å². The summed E-state index contributed by atoms with van der Waals surface area (Å²) in [6.45, 7) is 3.28. The fraction of sp³-hybridized carbons (Fsp3) is 0.345. The molecule has 2 aliphatic rings. The number of nitrogens with one attached hydrogen (secondary N) is 1. The molecular weight excluding hydrogens is 408 g/mol. The Hall–Kier alpha value is -3.11. The summed E-state index contributed by atoms with van der Waals surface area (Å²) in [6.07, 6.45) is 5.37. The Labute approximate surface area is 196 Å². The molecular formula is C29H32N2O2. The number of piperidine rings is 1. The summed E-state index contributed by atoms with van der Waals surface area (Å²) in [5.41, 5.74) is 5.89. The number of amides is 1. The Bertz CT molecular complexity index is 1030. The fourth-order valence-corrected chi connectivity index (χ4v) is 5.10. The highest BCUT2D eigenvalue weighted by molar-refractivity contribution is 5.93. The van der Waals surface area contributed by atoms with Gasteiger partial charge in [-0.05, 0) is 91.9 Å². The van der Waals surface area contributed by atoms with Crippen molar-refractivity contribution in [1.29, 1.82) is 0 Å². The predicted octanol–water partition coefficient (Wildman–Crippen LogP) is 5.82. The van der Waals surface area contributed by atoms with E-state index in [1.54, 1.807) is 12.1 Å². The number of hydroxylamine groups is 1. The van der Waals surface area contributed by atoms with Gasteiger partial charge in [0.2, 0.25) is 0 Å². The van der Waals surface area contributed by atoms with Gasteiger partial charge in [-0.3, -0.25) is 9.69 Å². The second-order valence-corrected chi connectivity index (χ2v) is 9.51. The molecule has 1 saturated heterocycles. The molecule has 0 radical (unpaired) electrons. The standard InChI is InChI=1S/C29H32N2O2/c32-29(30-33-27-9-5-2-6-10-27)25-13-11-23(12-14-25)21-31-17-15-22(16-18-31)19-26-20-28(26)24-7-3-1-4-8-24/h1-14,22,26,28H,15-21H2,(H,30,32)/t26-,28+/m1/s1. The van der Waals surface area contributed by atoms with E-state index >= 15 is 0 Å². The van der Waals surface area contributed by atoms with Gasteiger partial charge >= 0.3 is 0 Å². The molecule has 4 heteroatoms. The molecule has 2 atom stereocenters. The molecule has 1 amide bonds. The van der Waals surface area contributed by atoms with Crippen LogP contribution in [0.15, 0.2) is 84.9 Å². The second kappa shape index (κ2) is 10.2. The topological polar surface area (TPSA) is 41.6 Å². The third-order valence-corrected chi connectivity index (χ3v) is 7.12. The molecule has 1 N–H and O–H groups in total. The molecule has 0 aromatic heterocycles. The molecule has 1 heterocycles. The summed E-state index contributed by atoms with van der Waals surface area (Å²) in [5.74, 6) is 2.95. The van der Waals surface area contributed by atoms with E-state index in [9.17, 15) is 4.79 Å². The first kappa shape index (κ1) is 21.7. The van der Waals surface area contributed by atoms with E-state index < -0.39 is 0 Å². The van der Waals surface area contributed by atoms with Crippen LogP contribution in [-0.4, -0.2) is 23.9 Å². The first-order valence-electron chi connectivity index (χ1n) is 12.1. The van der Waals surface area contributed by atoms with E-state index in [0.29, 0.717) is 11.3 Å². The fourth-order valence-electron chi connectivity index (χ4n) is 5.10. The Balaban J connectivity index is 1.04. The minimum absolute atomic E-state index is 0.236. The molecule has 4 nitrogen and oxygen atoms in total. The van der Waals surface area contributed by atoms with E-state index in [1.165, 1.54) is 49.9 Å². The van der Waals surface area contributed by atoms with Crippen LogP contribution in [0.4, 0.5) is 0 Å². The highest BCUT2D eigenvalue weighted by Gasteiger charge is 2.39. The molecule has 3 aromatic rings. The van der Waals surface area contributed by atoms with Crippen LogP contribution in [0.1, 0.15) is 53.1 Å². The molecule has 33 heavy (non-hydrogen) atoms. The van der Waals surface area contributed by atoms with Gasteiger partial charge in [0.25, 0.3) is 5.91 Å². The van der Waals surface area contributed by atoms with Crippen molar-refractivity contribution in [2.75, 3.05) is 13.1 Å². The van der Waals surface area contributed by atoms with Crippen LogP contribution in [0.5, 0.6) is 5.75 Å². The van der Waals surface area contributed by atoms with E-state index in [4.69, 9.17) is 4.84 Å². The first-order chi connectivity index (χ1) is 16.2. The van der Waals surface area contributed by atoms with Gasteiger partial charge < -0.3 is 4.84 Å². The Morgan fingerprint density at radius 2 is 1.55 bits per heavy atom. The minimum atomic E-state index is -0.236. The molecule has 1 saturated carbocycles. The van der Waals surface area contributed by atoms with Gasteiger partial charge in [0.05, 0.1) is 0 Å². The third kappa shape index (κ3) is 5.82. The highest BCUT2D eigenvalue weighted by atomic mass is 16.7. The molecule has 1 aliphatic carbocycles. The zero-order valence-corrected chi connectivity index (χ0v) is 19.0. The Morgan fingerprint density at radius 3 is 2.24 bits per heavy atom. The monoisotopic (exact) mass is 440 g/mol. The average molecular weight is 441 g/mol. The maximum atomic E-state index is 12.3. The Morgan fingerprint density at radius 1 is 0.879 bits per heavy atom. The molecule has 0 bridgehead atoms. The summed E-state index contributed by atoms with van der Waals surface area (Å²) in [4.78, 5) is 20.2. The summed E-state index contributed by atoms with van der Waals surface area (Å²) in [7, 11) is 0. The number of hydrogen-bond donors (Lipinski definition) is 1. The SMILES string of the molecule is O=C(NOc1ccccc1)c1ccc(CN2CCC(C[C@@H]3C[C@H]3c3ccccc3)CC2)cc1. The smallest absolute Gasteiger partial charge is 0.283 e. The first-order valence-corrected chi connectivity index (χ1v) is 12.1. The van der Waals surface area contributed by atoms with Crippen LogP contribution >= 0.6 is 0 Å². The largest absolute Gasteiger partial charge is 0.379 e. The molecule has 2 fully saturated rings. The van der Waals surface area contributed by atoms with Crippen LogP contribution in [0, 0.1) is 11.8 Å². The number of carbonyl (C=O) groups excluding carboxylic acids is 1. The molecule has 0 spiro atoms. The van der Waals surface area contributed by atoms with Crippen molar-refractivity contribution < 1.29 is 9.63 Å². The van der Waals surface area contributed by atoms with Gasteiger partial charge in [0.15, 0.2) is 5.75 Å². The van der Waals surface area contributed by atoms with Gasteiger partial charge in [-0.25, -0.2) is 0 Å². The van der Waals surface area contributed by atoms with Crippen molar-refractivity contribution >= 4 is 5.91 Å². The van der Waals surface area contributed by atoms with Crippen LogP contribution < -0.4 is 10.3 Å². The van der Waals surface area contributed by atoms with Crippen molar-refractivity contribution in [2.24, 2.45) is 11.8 Å². The lowest BCUT2D eigenvalue weighted by atomic mass is 9.90. The van der Waals surface area contributed by atoms with E-state index in [1.807, 2.05) is 30.3 Å². The van der Waals surface area contributed by atoms with Crippen molar-refractivity contribution in [3.8, 4) is 5.75 Å². The van der Waals surface area contributed by atoms with Gasteiger partial charge in [0.1, 0.15) is 0 Å². The van der Waals surface area contributed by atoms with Gasteiger partial charge in [0, 0.05) is 12.1 Å². The number of likely N-dealkylation sites (tertiary alicyclic amines) is 1. The number of rotatable bonds is 8. The van der Waals surface area contributed by atoms with Gasteiger partial charge in [-0.15, -0.1) is 0 Å². The summed E-state index contributed by atoms with van der Waals surface area (Å²) < 4.78 is 0. The van der Waals surface area contributed by atoms with E-state index in [2.05, 4.69) is 52.8 Å². The highest BCUT2D eigenvalue weighted by Crippen LogP contribution is 2.51. The Kier molecular flexibility index (Phi) is 6.73. The number of benzene rings is 3. The maximum Gasteiger partial charge on any atom is 0.283 e. The second-order valence-electron chi connectivity index (χ2n) is 9.51. The zero-order chi connectivity index (χ0) is 22.5. The molecule has 170 valence electrons. The summed E-state index contributed by atoms with van der Waals surface area (Å²) in [6, 6.07) is 28.1. The van der Waals surface area contributed by atoms with E-state index in [0.717, 1.165) is 24.3 Å². The van der Waals surface area contributed by atoms with Crippen LogP contribution in [0.25, 0.3) is 0 Å². The number of carbonyl (C=O) groups is 1.